The minimum absolute atomic E-state index is 0.108. The van der Waals surface area contributed by atoms with E-state index in [1.54, 1.807) is 0 Å². The lowest BCUT2D eigenvalue weighted by molar-refractivity contribution is -0.149. The highest BCUT2D eigenvalue weighted by Gasteiger charge is 2.42. The number of rotatable bonds is 6. The molecule has 1 rings (SSSR count). The molecule has 0 heterocycles. The van der Waals surface area contributed by atoms with E-state index in [2.05, 4.69) is 6.92 Å². The minimum Gasteiger partial charge on any atom is -0.430 e. The van der Waals surface area contributed by atoms with Gasteiger partial charge in [0.2, 0.25) is 0 Å². The SMILES string of the molecule is CCCCC[C@@H]1C[C@@H]1C(OC(=O)C(C)(C)C)=C(C)C. The van der Waals surface area contributed by atoms with Gasteiger partial charge in [0.1, 0.15) is 5.76 Å². The Hall–Kier alpha value is -0.790. The van der Waals surface area contributed by atoms with Gasteiger partial charge in [-0.15, -0.1) is 0 Å². The van der Waals surface area contributed by atoms with Crippen molar-refractivity contribution in [1.82, 2.24) is 0 Å². The van der Waals surface area contributed by atoms with Crippen molar-refractivity contribution in [3.8, 4) is 0 Å². The van der Waals surface area contributed by atoms with E-state index >= 15 is 0 Å². The Bertz CT molecular complexity index is 343. The van der Waals surface area contributed by atoms with Gasteiger partial charge in [-0.25, -0.2) is 0 Å². The van der Waals surface area contributed by atoms with Crippen LogP contribution in [0.4, 0.5) is 0 Å². The first-order valence-corrected chi connectivity index (χ1v) is 7.67. The number of ether oxygens (including phenoxy) is 1. The first-order chi connectivity index (χ1) is 8.77. The zero-order valence-corrected chi connectivity index (χ0v) is 13.5. The monoisotopic (exact) mass is 266 g/mol. The maximum atomic E-state index is 12.0. The predicted molar refractivity (Wildman–Crippen MR) is 79.7 cm³/mol. The fourth-order valence-electron chi connectivity index (χ4n) is 2.35. The van der Waals surface area contributed by atoms with Crippen molar-refractivity contribution in [3.63, 3.8) is 0 Å². The molecule has 1 saturated carbocycles. The van der Waals surface area contributed by atoms with Crippen molar-refractivity contribution in [2.45, 2.75) is 73.6 Å². The highest BCUT2D eigenvalue weighted by atomic mass is 16.5. The van der Waals surface area contributed by atoms with Crippen LogP contribution >= 0.6 is 0 Å². The lowest BCUT2D eigenvalue weighted by Crippen LogP contribution is -2.23. The molecule has 0 aliphatic heterocycles. The summed E-state index contributed by atoms with van der Waals surface area (Å²) in [5, 5.41) is 0. The summed E-state index contributed by atoms with van der Waals surface area (Å²) in [7, 11) is 0. The fraction of sp³-hybridized carbons (Fsp3) is 0.824. The van der Waals surface area contributed by atoms with E-state index in [1.165, 1.54) is 32.1 Å². The summed E-state index contributed by atoms with van der Waals surface area (Å²) in [6.45, 7) is 12.0. The van der Waals surface area contributed by atoms with Crippen LogP contribution in [0.1, 0.15) is 73.6 Å². The van der Waals surface area contributed by atoms with Crippen LogP contribution in [0.3, 0.4) is 0 Å². The first kappa shape index (κ1) is 16.3. The number of carbonyl (C=O) groups is 1. The van der Waals surface area contributed by atoms with E-state index in [1.807, 2.05) is 34.6 Å². The van der Waals surface area contributed by atoms with Gasteiger partial charge in [-0.05, 0) is 59.0 Å². The van der Waals surface area contributed by atoms with Gasteiger partial charge < -0.3 is 4.74 Å². The van der Waals surface area contributed by atoms with Crippen LogP contribution in [-0.2, 0) is 9.53 Å². The van der Waals surface area contributed by atoms with E-state index in [9.17, 15) is 4.79 Å². The van der Waals surface area contributed by atoms with Gasteiger partial charge in [-0.1, -0.05) is 26.2 Å². The lowest BCUT2D eigenvalue weighted by Gasteiger charge is -2.19. The summed E-state index contributed by atoms with van der Waals surface area (Å²) in [5.41, 5.74) is 0.730. The minimum atomic E-state index is -0.423. The molecular weight excluding hydrogens is 236 g/mol. The van der Waals surface area contributed by atoms with E-state index in [0.29, 0.717) is 5.92 Å². The van der Waals surface area contributed by atoms with Crippen molar-refractivity contribution in [2.75, 3.05) is 0 Å². The smallest absolute Gasteiger partial charge is 0.316 e. The normalized spacial score (nSPS) is 22.0. The number of carbonyl (C=O) groups excluding carboxylic acids is 1. The highest BCUT2D eigenvalue weighted by Crippen LogP contribution is 2.49. The molecule has 0 aromatic heterocycles. The molecule has 0 spiro atoms. The quantitative estimate of drug-likeness (QED) is 0.380. The fourth-order valence-corrected chi connectivity index (χ4v) is 2.35. The molecule has 2 atom stereocenters. The molecule has 2 heteroatoms. The second kappa shape index (κ2) is 6.58. The van der Waals surface area contributed by atoms with Crippen LogP contribution < -0.4 is 0 Å². The summed E-state index contributed by atoms with van der Waals surface area (Å²) in [6, 6.07) is 0. The molecule has 2 nitrogen and oxygen atoms in total. The van der Waals surface area contributed by atoms with Crippen molar-refractivity contribution in [2.24, 2.45) is 17.3 Å². The summed E-state index contributed by atoms with van der Waals surface area (Å²) in [6.07, 6.45) is 6.37. The third-order valence-electron chi connectivity index (χ3n) is 3.75. The van der Waals surface area contributed by atoms with Crippen molar-refractivity contribution < 1.29 is 9.53 Å². The van der Waals surface area contributed by atoms with E-state index in [0.717, 1.165) is 17.3 Å². The molecule has 1 aliphatic rings. The van der Waals surface area contributed by atoms with Gasteiger partial charge in [0, 0.05) is 5.92 Å². The Balaban J connectivity index is 2.54. The van der Waals surface area contributed by atoms with Gasteiger partial charge in [0.05, 0.1) is 5.41 Å². The van der Waals surface area contributed by atoms with Crippen molar-refractivity contribution in [1.29, 1.82) is 0 Å². The standard InChI is InChI=1S/C17H30O2/c1-7-8-9-10-13-11-14(13)15(12(2)3)19-16(18)17(4,5)6/h13-14H,7-11H2,1-6H3/t13-,14+/m1/s1. The maximum absolute atomic E-state index is 12.0. The van der Waals surface area contributed by atoms with Crippen LogP contribution in [0.2, 0.25) is 0 Å². The van der Waals surface area contributed by atoms with Crippen LogP contribution in [0, 0.1) is 17.3 Å². The van der Waals surface area contributed by atoms with E-state index < -0.39 is 5.41 Å². The van der Waals surface area contributed by atoms with Crippen molar-refractivity contribution in [3.05, 3.63) is 11.3 Å². The second-order valence-electron chi connectivity index (χ2n) is 7.10. The van der Waals surface area contributed by atoms with Crippen molar-refractivity contribution >= 4 is 5.97 Å². The molecule has 0 aromatic rings. The van der Waals surface area contributed by atoms with Gasteiger partial charge in [0.15, 0.2) is 0 Å². The molecule has 0 radical (unpaired) electrons. The zero-order chi connectivity index (χ0) is 14.6. The van der Waals surface area contributed by atoms with E-state index in [4.69, 9.17) is 4.74 Å². The van der Waals surface area contributed by atoms with Gasteiger partial charge in [-0.3, -0.25) is 4.79 Å². The molecule has 19 heavy (non-hydrogen) atoms. The highest BCUT2D eigenvalue weighted by molar-refractivity contribution is 5.76. The average Bonchev–Trinajstić information content (AvgIpc) is 3.03. The molecule has 0 unspecified atom stereocenters. The molecule has 0 N–H and O–H groups in total. The molecule has 1 aliphatic carbocycles. The Morgan fingerprint density at radius 2 is 1.84 bits per heavy atom. The third-order valence-corrected chi connectivity index (χ3v) is 3.75. The zero-order valence-electron chi connectivity index (χ0n) is 13.5. The Morgan fingerprint density at radius 3 is 2.32 bits per heavy atom. The number of hydrogen-bond donors (Lipinski definition) is 0. The number of hydrogen-bond acceptors (Lipinski definition) is 2. The second-order valence-corrected chi connectivity index (χ2v) is 7.10. The van der Waals surface area contributed by atoms with Gasteiger partial charge in [-0.2, -0.15) is 0 Å². The van der Waals surface area contributed by atoms with Gasteiger partial charge >= 0.3 is 5.97 Å². The molecule has 0 saturated heterocycles. The summed E-state index contributed by atoms with van der Waals surface area (Å²) in [5.74, 6) is 2.07. The molecule has 0 amide bonds. The number of unbranched alkanes of at least 4 members (excludes halogenated alkanes) is 2. The summed E-state index contributed by atoms with van der Waals surface area (Å²) in [4.78, 5) is 12.0. The van der Waals surface area contributed by atoms with Crippen LogP contribution in [-0.4, -0.2) is 5.97 Å². The third kappa shape index (κ3) is 5.00. The summed E-state index contributed by atoms with van der Waals surface area (Å²) < 4.78 is 5.68. The number of esters is 1. The molecule has 0 bridgehead atoms. The Morgan fingerprint density at radius 1 is 1.21 bits per heavy atom. The van der Waals surface area contributed by atoms with Gasteiger partial charge in [0.25, 0.3) is 0 Å². The van der Waals surface area contributed by atoms with E-state index in [-0.39, 0.29) is 5.97 Å². The molecule has 0 aromatic carbocycles. The molecule has 1 fully saturated rings. The lowest BCUT2D eigenvalue weighted by atomic mass is 9.97. The Kier molecular flexibility index (Phi) is 5.64. The average molecular weight is 266 g/mol. The van der Waals surface area contributed by atoms with Crippen LogP contribution in [0.5, 0.6) is 0 Å². The molecule has 110 valence electrons. The van der Waals surface area contributed by atoms with Crippen LogP contribution in [0.25, 0.3) is 0 Å². The number of allylic oxidation sites excluding steroid dienone is 2. The Labute approximate surface area is 118 Å². The van der Waals surface area contributed by atoms with Crippen LogP contribution in [0.15, 0.2) is 11.3 Å². The predicted octanol–water partition coefficient (Wildman–Crippen LogP) is 5.09. The topological polar surface area (TPSA) is 26.3 Å². The largest absolute Gasteiger partial charge is 0.430 e. The summed E-state index contributed by atoms with van der Waals surface area (Å²) >= 11 is 0. The maximum Gasteiger partial charge on any atom is 0.316 e. The first-order valence-electron chi connectivity index (χ1n) is 7.67. The molecular formula is C17H30O2.